The lowest BCUT2D eigenvalue weighted by Crippen LogP contribution is -2.31. The highest BCUT2D eigenvalue weighted by Crippen LogP contribution is 2.31. The highest BCUT2D eigenvalue weighted by molar-refractivity contribution is 5.76. The summed E-state index contributed by atoms with van der Waals surface area (Å²) in [5.41, 5.74) is 0.833. The first-order chi connectivity index (χ1) is 10.8. The van der Waals surface area contributed by atoms with Gasteiger partial charge in [-0.3, -0.25) is 9.78 Å². The van der Waals surface area contributed by atoms with Crippen LogP contribution in [0.5, 0.6) is 0 Å². The van der Waals surface area contributed by atoms with E-state index in [-0.39, 0.29) is 11.9 Å². The molecule has 0 saturated carbocycles. The number of nitrogens with one attached hydrogen (secondary N) is 1. The van der Waals surface area contributed by atoms with Crippen LogP contribution in [0.4, 0.5) is 5.82 Å². The average molecular weight is 302 g/mol. The van der Waals surface area contributed by atoms with E-state index in [1.807, 2.05) is 4.90 Å². The number of likely N-dealkylation sites (tertiary alicyclic amines) is 1. The Morgan fingerprint density at radius 1 is 1.45 bits per heavy atom. The van der Waals surface area contributed by atoms with E-state index in [1.54, 1.807) is 24.1 Å². The fraction of sp³-hybridized carbons (Fsp3) is 0.538. The van der Waals surface area contributed by atoms with Crippen molar-refractivity contribution < 1.29 is 4.79 Å². The van der Waals surface area contributed by atoms with Crippen molar-refractivity contribution >= 4 is 11.7 Å². The Hall–Kier alpha value is -2.58. The fourth-order valence-corrected chi connectivity index (χ4v) is 2.67. The van der Waals surface area contributed by atoms with Gasteiger partial charge >= 0.3 is 0 Å². The van der Waals surface area contributed by atoms with Gasteiger partial charge in [0.2, 0.25) is 5.91 Å². The molecule has 0 radical (unpaired) electrons. The second-order valence-corrected chi connectivity index (χ2v) is 5.15. The molecule has 1 atom stereocenters. The van der Waals surface area contributed by atoms with E-state index >= 15 is 0 Å². The molecule has 3 heterocycles. The van der Waals surface area contributed by atoms with Crippen LogP contribution >= 0.6 is 0 Å². The van der Waals surface area contributed by atoms with Crippen molar-refractivity contribution in [3.8, 4) is 0 Å². The molecule has 1 amide bonds. The van der Waals surface area contributed by atoms with Gasteiger partial charge < -0.3 is 10.2 Å². The third kappa shape index (κ3) is 3.02. The topological polar surface area (TPSA) is 102 Å². The number of aryl methyl sites for hydroxylation is 1. The predicted octanol–water partition coefficient (Wildman–Crippen LogP) is 0.259. The molecule has 1 aliphatic rings. The molecule has 0 aliphatic carbocycles. The van der Waals surface area contributed by atoms with Gasteiger partial charge in [-0.05, 0) is 23.3 Å². The number of nitrogens with zero attached hydrogens (tertiary/aromatic N) is 7. The highest BCUT2D eigenvalue weighted by atomic mass is 16.2. The number of rotatable bonds is 5. The molecule has 1 aliphatic heterocycles. The van der Waals surface area contributed by atoms with Crippen LogP contribution in [0.1, 0.15) is 31.0 Å². The molecule has 2 aromatic heterocycles. The van der Waals surface area contributed by atoms with E-state index in [0.29, 0.717) is 18.8 Å². The van der Waals surface area contributed by atoms with Gasteiger partial charge in [0.05, 0.1) is 30.7 Å². The van der Waals surface area contributed by atoms with Crippen LogP contribution in [-0.2, 0) is 11.3 Å². The second kappa shape index (κ2) is 6.46. The Kier molecular flexibility index (Phi) is 4.22. The third-order valence-electron chi connectivity index (χ3n) is 3.77. The Balaban J connectivity index is 1.68. The van der Waals surface area contributed by atoms with E-state index in [9.17, 15) is 4.79 Å². The first-order valence-corrected chi connectivity index (χ1v) is 7.28. The van der Waals surface area contributed by atoms with E-state index < -0.39 is 0 Å². The number of tetrazole rings is 1. The Morgan fingerprint density at radius 2 is 2.36 bits per heavy atom. The molecule has 0 aromatic carbocycles. The number of hydrogen-bond acceptors (Lipinski definition) is 7. The second-order valence-electron chi connectivity index (χ2n) is 5.15. The van der Waals surface area contributed by atoms with Crippen molar-refractivity contribution in [2.75, 3.05) is 18.9 Å². The molecule has 1 fully saturated rings. The van der Waals surface area contributed by atoms with Gasteiger partial charge in [0.25, 0.3) is 0 Å². The molecule has 0 spiro atoms. The summed E-state index contributed by atoms with van der Waals surface area (Å²) >= 11 is 0. The fourth-order valence-electron chi connectivity index (χ4n) is 2.67. The molecule has 1 saturated heterocycles. The Bertz CT molecular complexity index is 629. The molecule has 116 valence electrons. The molecular formula is C13H18N8O. The molecule has 9 heteroatoms. The van der Waals surface area contributed by atoms with Crippen molar-refractivity contribution in [2.24, 2.45) is 0 Å². The van der Waals surface area contributed by atoms with E-state index in [1.165, 1.54) is 6.33 Å². The molecule has 22 heavy (non-hydrogen) atoms. The highest BCUT2D eigenvalue weighted by Gasteiger charge is 2.31. The summed E-state index contributed by atoms with van der Waals surface area (Å²) in [5, 5.41) is 13.9. The maximum atomic E-state index is 12.5. The number of amides is 1. The van der Waals surface area contributed by atoms with Gasteiger partial charge in [-0.1, -0.05) is 0 Å². The summed E-state index contributed by atoms with van der Waals surface area (Å²) < 4.78 is 1.56. The van der Waals surface area contributed by atoms with Crippen molar-refractivity contribution in [3.63, 3.8) is 0 Å². The minimum atomic E-state index is 0.00201. The van der Waals surface area contributed by atoms with E-state index in [2.05, 4.69) is 30.8 Å². The standard InChI is InChI=1S/C13H18N8O/c1-14-12-8-15-7-10(17-12)11-3-2-5-21(11)13(22)4-6-20-9-16-18-19-20/h7-9,11H,2-6H2,1H3,(H,14,17)/t11-/m0/s1. The number of aromatic nitrogens is 6. The van der Waals surface area contributed by atoms with Gasteiger partial charge in [-0.15, -0.1) is 5.10 Å². The lowest BCUT2D eigenvalue weighted by Gasteiger charge is -2.24. The number of anilines is 1. The van der Waals surface area contributed by atoms with Crippen LogP contribution in [0, 0.1) is 0 Å². The van der Waals surface area contributed by atoms with Crippen LogP contribution in [0.3, 0.4) is 0 Å². The SMILES string of the molecule is CNc1cncc([C@@H]2CCCN2C(=O)CCn2cnnn2)n1. The Morgan fingerprint density at radius 3 is 3.14 bits per heavy atom. The molecule has 3 rings (SSSR count). The van der Waals surface area contributed by atoms with Gasteiger partial charge in [0.1, 0.15) is 12.1 Å². The van der Waals surface area contributed by atoms with Gasteiger partial charge in [0, 0.05) is 20.0 Å². The van der Waals surface area contributed by atoms with Crippen molar-refractivity contribution in [2.45, 2.75) is 31.8 Å². The summed E-state index contributed by atoms with van der Waals surface area (Å²) in [6.07, 6.45) is 7.18. The van der Waals surface area contributed by atoms with E-state index in [4.69, 9.17) is 0 Å². The van der Waals surface area contributed by atoms with Crippen LogP contribution in [0.2, 0.25) is 0 Å². The maximum Gasteiger partial charge on any atom is 0.225 e. The molecule has 9 nitrogen and oxygen atoms in total. The quantitative estimate of drug-likeness (QED) is 0.845. The zero-order chi connectivity index (χ0) is 15.4. The largest absolute Gasteiger partial charge is 0.372 e. The van der Waals surface area contributed by atoms with Gasteiger partial charge in [-0.25, -0.2) is 9.67 Å². The van der Waals surface area contributed by atoms with Crippen molar-refractivity contribution in [1.29, 1.82) is 0 Å². The third-order valence-corrected chi connectivity index (χ3v) is 3.77. The summed E-state index contributed by atoms with van der Waals surface area (Å²) in [7, 11) is 1.80. The van der Waals surface area contributed by atoms with E-state index in [0.717, 1.165) is 25.1 Å². The first kappa shape index (κ1) is 14.4. The minimum absolute atomic E-state index is 0.00201. The minimum Gasteiger partial charge on any atom is -0.372 e. The summed E-state index contributed by atoms with van der Waals surface area (Å²) in [4.78, 5) is 23.0. The Labute approximate surface area is 127 Å². The maximum absolute atomic E-state index is 12.5. The zero-order valence-corrected chi connectivity index (χ0v) is 12.4. The average Bonchev–Trinajstić information content (AvgIpc) is 3.24. The van der Waals surface area contributed by atoms with Crippen LogP contribution in [0.15, 0.2) is 18.7 Å². The zero-order valence-electron chi connectivity index (χ0n) is 12.4. The summed E-state index contributed by atoms with van der Waals surface area (Å²) in [6.45, 7) is 1.24. The predicted molar refractivity (Wildman–Crippen MR) is 77.7 cm³/mol. The molecule has 1 N–H and O–H groups in total. The molecular weight excluding hydrogens is 284 g/mol. The normalized spacial score (nSPS) is 17.7. The van der Waals surface area contributed by atoms with Gasteiger partial charge in [-0.2, -0.15) is 0 Å². The lowest BCUT2D eigenvalue weighted by atomic mass is 10.1. The molecule has 0 bridgehead atoms. The number of hydrogen-bond donors (Lipinski definition) is 1. The number of carbonyl (C=O) groups excluding carboxylic acids is 1. The van der Waals surface area contributed by atoms with Crippen molar-refractivity contribution in [3.05, 3.63) is 24.4 Å². The van der Waals surface area contributed by atoms with Crippen LogP contribution in [-0.4, -0.2) is 54.6 Å². The first-order valence-electron chi connectivity index (χ1n) is 7.28. The molecule has 2 aromatic rings. The smallest absolute Gasteiger partial charge is 0.225 e. The molecule has 0 unspecified atom stereocenters. The van der Waals surface area contributed by atoms with Crippen LogP contribution in [0.25, 0.3) is 0 Å². The van der Waals surface area contributed by atoms with Crippen molar-refractivity contribution in [1.82, 2.24) is 35.1 Å². The van der Waals surface area contributed by atoms with Gasteiger partial charge in [0.15, 0.2) is 0 Å². The summed E-state index contributed by atoms with van der Waals surface area (Å²) in [5.74, 6) is 0.806. The summed E-state index contributed by atoms with van der Waals surface area (Å²) in [6, 6.07) is 0.00201. The lowest BCUT2D eigenvalue weighted by molar-refractivity contribution is -0.132. The number of carbonyl (C=O) groups is 1. The monoisotopic (exact) mass is 302 g/mol. The van der Waals surface area contributed by atoms with Crippen LogP contribution < -0.4 is 5.32 Å².